The van der Waals surface area contributed by atoms with Crippen molar-refractivity contribution in [3.8, 4) is 5.75 Å². The quantitative estimate of drug-likeness (QED) is 0.432. The second-order valence-corrected chi connectivity index (χ2v) is 9.13. The van der Waals surface area contributed by atoms with Crippen molar-refractivity contribution in [3.05, 3.63) is 72.2 Å². The first-order valence-corrected chi connectivity index (χ1v) is 13.2. The highest BCUT2D eigenvalue weighted by molar-refractivity contribution is 6.05. The van der Waals surface area contributed by atoms with Crippen LogP contribution < -0.4 is 20.3 Å². The SMILES string of the molecule is CCN(CC)C(=O)c1cc(NC(=O)c2ccco2)ccc1N1CCCN(C(=O)Nc2ccc(OC)cc2)CC1. The molecule has 2 N–H and O–H groups in total. The van der Waals surface area contributed by atoms with E-state index in [9.17, 15) is 14.4 Å². The minimum Gasteiger partial charge on any atom is -0.497 e. The van der Waals surface area contributed by atoms with Crippen LogP contribution in [-0.4, -0.2) is 74.0 Å². The molecule has 1 fully saturated rings. The maximum Gasteiger partial charge on any atom is 0.321 e. The molecule has 2 heterocycles. The minimum atomic E-state index is -0.387. The van der Waals surface area contributed by atoms with Gasteiger partial charge in [0.25, 0.3) is 11.8 Å². The first-order valence-electron chi connectivity index (χ1n) is 13.2. The molecule has 1 saturated heterocycles. The molecule has 1 aromatic heterocycles. The first kappa shape index (κ1) is 27.6. The average Bonchev–Trinajstić information content (AvgIpc) is 3.39. The summed E-state index contributed by atoms with van der Waals surface area (Å²) in [6.07, 6.45) is 2.18. The van der Waals surface area contributed by atoms with Crippen molar-refractivity contribution in [2.75, 3.05) is 61.9 Å². The smallest absolute Gasteiger partial charge is 0.321 e. The Hall–Kier alpha value is -4.47. The summed E-state index contributed by atoms with van der Waals surface area (Å²) in [5.74, 6) is 0.418. The van der Waals surface area contributed by atoms with E-state index >= 15 is 0 Å². The van der Waals surface area contributed by atoms with Gasteiger partial charge in [0, 0.05) is 56.3 Å². The summed E-state index contributed by atoms with van der Waals surface area (Å²) >= 11 is 0. The zero-order valence-corrected chi connectivity index (χ0v) is 22.6. The molecule has 4 amide bonds. The summed E-state index contributed by atoms with van der Waals surface area (Å²) in [6.45, 7) is 7.35. The molecule has 0 spiro atoms. The van der Waals surface area contributed by atoms with E-state index in [0.717, 1.165) is 17.9 Å². The van der Waals surface area contributed by atoms with Crippen molar-refractivity contribution in [2.24, 2.45) is 0 Å². The second-order valence-electron chi connectivity index (χ2n) is 9.13. The van der Waals surface area contributed by atoms with Crippen molar-refractivity contribution < 1.29 is 23.5 Å². The van der Waals surface area contributed by atoms with Gasteiger partial charge in [0.05, 0.1) is 18.9 Å². The number of nitrogens with zero attached hydrogens (tertiary/aromatic N) is 3. The Bertz CT molecular complexity index is 1270. The van der Waals surface area contributed by atoms with Gasteiger partial charge in [-0.3, -0.25) is 9.59 Å². The van der Waals surface area contributed by atoms with Crippen LogP contribution in [0.4, 0.5) is 21.9 Å². The number of amides is 4. The van der Waals surface area contributed by atoms with E-state index in [1.807, 2.05) is 19.9 Å². The fourth-order valence-corrected chi connectivity index (χ4v) is 4.58. The van der Waals surface area contributed by atoms with Crippen LogP contribution in [0.3, 0.4) is 0 Å². The molecule has 0 atom stereocenters. The van der Waals surface area contributed by atoms with Crippen LogP contribution in [0.15, 0.2) is 65.3 Å². The molecule has 0 bridgehead atoms. The molecule has 206 valence electrons. The molecule has 1 aliphatic heterocycles. The van der Waals surface area contributed by atoms with Gasteiger partial charge in [0.2, 0.25) is 0 Å². The van der Waals surface area contributed by atoms with Crippen molar-refractivity contribution in [1.82, 2.24) is 9.80 Å². The van der Waals surface area contributed by atoms with Gasteiger partial charge in [-0.05, 0) is 74.9 Å². The number of hydrogen-bond acceptors (Lipinski definition) is 6. The standard InChI is InChI=1S/C29H35N5O5/c1-4-32(5-2)28(36)24-20-22(30-27(35)26-8-6-19-39-26)11-14-25(24)33-15-7-16-34(18-17-33)29(37)31-21-9-12-23(38-3)13-10-21/h6,8-14,19-20H,4-5,7,15-18H2,1-3H3,(H,30,35)(H,31,37). The summed E-state index contributed by atoms with van der Waals surface area (Å²) in [7, 11) is 1.60. The van der Waals surface area contributed by atoms with Crippen LogP contribution in [0.2, 0.25) is 0 Å². The van der Waals surface area contributed by atoms with Crippen LogP contribution >= 0.6 is 0 Å². The van der Waals surface area contributed by atoms with E-state index in [2.05, 4.69) is 15.5 Å². The Morgan fingerprint density at radius 1 is 0.923 bits per heavy atom. The highest BCUT2D eigenvalue weighted by Crippen LogP contribution is 2.28. The van der Waals surface area contributed by atoms with Gasteiger partial charge >= 0.3 is 6.03 Å². The number of anilines is 3. The molecule has 0 aliphatic carbocycles. The third kappa shape index (κ3) is 6.70. The van der Waals surface area contributed by atoms with E-state index in [1.54, 1.807) is 65.4 Å². The lowest BCUT2D eigenvalue weighted by Gasteiger charge is -2.28. The van der Waals surface area contributed by atoms with E-state index in [1.165, 1.54) is 6.26 Å². The molecule has 39 heavy (non-hydrogen) atoms. The molecule has 10 heteroatoms. The number of furan rings is 1. The molecular formula is C29H35N5O5. The van der Waals surface area contributed by atoms with Gasteiger partial charge in [-0.15, -0.1) is 0 Å². The Balaban J connectivity index is 1.51. The number of carbonyl (C=O) groups excluding carboxylic acids is 3. The molecule has 4 rings (SSSR count). The Kier molecular flexibility index (Phi) is 9.09. The molecule has 10 nitrogen and oxygen atoms in total. The monoisotopic (exact) mass is 533 g/mol. The Morgan fingerprint density at radius 2 is 1.67 bits per heavy atom. The molecule has 0 radical (unpaired) electrons. The molecule has 3 aromatic rings. The van der Waals surface area contributed by atoms with Gasteiger partial charge in [-0.2, -0.15) is 0 Å². The lowest BCUT2D eigenvalue weighted by molar-refractivity contribution is 0.0773. The maximum atomic E-state index is 13.5. The number of methoxy groups -OCH3 is 1. The number of carbonyl (C=O) groups is 3. The third-order valence-corrected chi connectivity index (χ3v) is 6.75. The highest BCUT2D eigenvalue weighted by Gasteiger charge is 2.25. The van der Waals surface area contributed by atoms with Gasteiger partial charge < -0.3 is 34.5 Å². The van der Waals surface area contributed by atoms with E-state index in [-0.39, 0.29) is 23.6 Å². The fraction of sp³-hybridized carbons (Fsp3) is 0.345. The second kappa shape index (κ2) is 12.9. The largest absolute Gasteiger partial charge is 0.497 e. The number of rotatable bonds is 8. The van der Waals surface area contributed by atoms with E-state index < -0.39 is 0 Å². The molecule has 0 saturated carbocycles. The summed E-state index contributed by atoms with van der Waals surface area (Å²) < 4.78 is 10.4. The van der Waals surface area contributed by atoms with Crippen molar-refractivity contribution in [1.29, 1.82) is 0 Å². The molecule has 1 aliphatic rings. The normalized spacial score (nSPS) is 13.4. The van der Waals surface area contributed by atoms with Gasteiger partial charge in [-0.1, -0.05) is 0 Å². The molecule has 0 unspecified atom stereocenters. The number of urea groups is 1. The summed E-state index contributed by atoms with van der Waals surface area (Å²) in [6, 6.07) is 15.6. The minimum absolute atomic E-state index is 0.109. The van der Waals surface area contributed by atoms with Gasteiger partial charge in [0.15, 0.2) is 5.76 Å². The van der Waals surface area contributed by atoms with Crippen LogP contribution in [0.25, 0.3) is 0 Å². The van der Waals surface area contributed by atoms with Crippen LogP contribution in [0.5, 0.6) is 5.75 Å². The third-order valence-electron chi connectivity index (χ3n) is 6.75. The van der Waals surface area contributed by atoms with Crippen LogP contribution in [-0.2, 0) is 0 Å². The zero-order chi connectivity index (χ0) is 27.8. The van der Waals surface area contributed by atoms with Crippen LogP contribution in [0.1, 0.15) is 41.2 Å². The first-order chi connectivity index (χ1) is 18.9. The number of hydrogen-bond donors (Lipinski definition) is 2. The van der Waals surface area contributed by atoms with Gasteiger partial charge in [-0.25, -0.2) is 4.79 Å². The topological polar surface area (TPSA) is 107 Å². The van der Waals surface area contributed by atoms with Crippen molar-refractivity contribution >= 4 is 34.9 Å². The van der Waals surface area contributed by atoms with E-state index in [4.69, 9.17) is 9.15 Å². The predicted octanol–water partition coefficient (Wildman–Crippen LogP) is 4.77. The lowest BCUT2D eigenvalue weighted by atomic mass is 10.1. The number of benzene rings is 2. The molecule has 2 aromatic carbocycles. The summed E-state index contributed by atoms with van der Waals surface area (Å²) in [4.78, 5) is 44.7. The highest BCUT2D eigenvalue weighted by atomic mass is 16.5. The van der Waals surface area contributed by atoms with E-state index in [0.29, 0.717) is 56.2 Å². The van der Waals surface area contributed by atoms with Gasteiger partial charge in [0.1, 0.15) is 5.75 Å². The van der Waals surface area contributed by atoms with Crippen LogP contribution in [0, 0.1) is 0 Å². The Labute approximate surface area is 228 Å². The lowest BCUT2D eigenvalue weighted by Crippen LogP contribution is -2.38. The van der Waals surface area contributed by atoms with Crippen molar-refractivity contribution in [2.45, 2.75) is 20.3 Å². The zero-order valence-electron chi connectivity index (χ0n) is 22.6. The Morgan fingerprint density at radius 3 is 2.33 bits per heavy atom. The fourth-order valence-electron chi connectivity index (χ4n) is 4.58. The van der Waals surface area contributed by atoms with Crippen molar-refractivity contribution in [3.63, 3.8) is 0 Å². The maximum absolute atomic E-state index is 13.5. The number of nitrogens with one attached hydrogen (secondary N) is 2. The molecular weight excluding hydrogens is 498 g/mol. The average molecular weight is 534 g/mol. The summed E-state index contributed by atoms with van der Waals surface area (Å²) in [5.41, 5.74) is 2.49. The number of ether oxygens (including phenoxy) is 1. The predicted molar refractivity (Wildman–Crippen MR) is 151 cm³/mol. The summed E-state index contributed by atoms with van der Waals surface area (Å²) in [5, 5.41) is 5.76.